The SMILES string of the molecule is COc1ccc(N2C[C@@H](C(=O)N3Cc4cncnc4C3)CC2=O)cc1. The van der Waals surface area contributed by atoms with Gasteiger partial charge in [-0.25, -0.2) is 9.97 Å². The van der Waals surface area contributed by atoms with Gasteiger partial charge in [-0.1, -0.05) is 0 Å². The van der Waals surface area contributed by atoms with Crippen LogP contribution in [0.4, 0.5) is 5.69 Å². The molecule has 7 heteroatoms. The molecule has 2 aliphatic rings. The molecule has 1 saturated heterocycles. The van der Waals surface area contributed by atoms with E-state index in [-0.39, 0.29) is 24.2 Å². The van der Waals surface area contributed by atoms with Crippen LogP contribution in [0.5, 0.6) is 5.75 Å². The van der Waals surface area contributed by atoms with Crippen molar-refractivity contribution in [3.8, 4) is 5.75 Å². The van der Waals surface area contributed by atoms with Crippen molar-refractivity contribution in [3.05, 3.63) is 48.0 Å². The maximum Gasteiger partial charge on any atom is 0.228 e. The number of ether oxygens (including phenoxy) is 1. The van der Waals surface area contributed by atoms with Crippen LogP contribution in [0.15, 0.2) is 36.8 Å². The highest BCUT2D eigenvalue weighted by Gasteiger charge is 2.38. The second-order valence-corrected chi connectivity index (χ2v) is 6.29. The monoisotopic (exact) mass is 338 g/mol. The van der Waals surface area contributed by atoms with Crippen molar-refractivity contribution < 1.29 is 14.3 Å². The van der Waals surface area contributed by atoms with E-state index in [1.165, 1.54) is 6.33 Å². The first kappa shape index (κ1) is 15.6. The van der Waals surface area contributed by atoms with Crippen LogP contribution in [-0.2, 0) is 22.7 Å². The lowest BCUT2D eigenvalue weighted by Crippen LogP contribution is -2.34. The van der Waals surface area contributed by atoms with Gasteiger partial charge in [0.15, 0.2) is 0 Å². The number of anilines is 1. The van der Waals surface area contributed by atoms with Crippen LogP contribution in [0.2, 0.25) is 0 Å². The smallest absolute Gasteiger partial charge is 0.228 e. The van der Waals surface area contributed by atoms with E-state index in [9.17, 15) is 9.59 Å². The number of nitrogens with zero attached hydrogens (tertiary/aromatic N) is 4. The zero-order valence-corrected chi connectivity index (χ0v) is 13.9. The van der Waals surface area contributed by atoms with Gasteiger partial charge in [-0.05, 0) is 24.3 Å². The summed E-state index contributed by atoms with van der Waals surface area (Å²) in [5.74, 6) is 0.387. The van der Waals surface area contributed by atoms with Crippen molar-refractivity contribution >= 4 is 17.5 Å². The van der Waals surface area contributed by atoms with Gasteiger partial charge in [0.1, 0.15) is 12.1 Å². The van der Waals surface area contributed by atoms with Crippen LogP contribution < -0.4 is 9.64 Å². The van der Waals surface area contributed by atoms with Crippen LogP contribution in [0.25, 0.3) is 0 Å². The van der Waals surface area contributed by atoms with E-state index in [0.717, 1.165) is 22.7 Å². The molecule has 2 amide bonds. The largest absolute Gasteiger partial charge is 0.497 e. The summed E-state index contributed by atoms with van der Waals surface area (Å²) < 4.78 is 5.14. The number of aromatic nitrogens is 2. The lowest BCUT2D eigenvalue weighted by Gasteiger charge is -2.20. The highest BCUT2D eigenvalue weighted by atomic mass is 16.5. The number of rotatable bonds is 3. The molecule has 25 heavy (non-hydrogen) atoms. The molecule has 1 atom stereocenters. The number of hydrogen-bond acceptors (Lipinski definition) is 5. The van der Waals surface area contributed by atoms with E-state index < -0.39 is 0 Å². The predicted octanol–water partition coefficient (Wildman–Crippen LogP) is 1.38. The maximum atomic E-state index is 12.8. The van der Waals surface area contributed by atoms with Gasteiger partial charge in [0, 0.05) is 37.0 Å². The molecule has 1 aromatic heterocycles. The molecule has 2 aliphatic heterocycles. The molecule has 128 valence electrons. The summed E-state index contributed by atoms with van der Waals surface area (Å²) in [5.41, 5.74) is 2.66. The number of amides is 2. The molecular formula is C18H18N4O3. The Morgan fingerprint density at radius 3 is 2.76 bits per heavy atom. The Balaban J connectivity index is 1.46. The zero-order chi connectivity index (χ0) is 17.4. The molecule has 0 unspecified atom stereocenters. The fourth-order valence-electron chi connectivity index (χ4n) is 3.40. The molecule has 4 rings (SSSR count). The summed E-state index contributed by atoms with van der Waals surface area (Å²) in [5, 5.41) is 0. The molecule has 0 aliphatic carbocycles. The summed E-state index contributed by atoms with van der Waals surface area (Å²) >= 11 is 0. The summed E-state index contributed by atoms with van der Waals surface area (Å²) in [6.07, 6.45) is 3.49. The van der Waals surface area contributed by atoms with Crippen molar-refractivity contribution in [2.45, 2.75) is 19.5 Å². The van der Waals surface area contributed by atoms with Crippen molar-refractivity contribution in [1.82, 2.24) is 14.9 Å². The summed E-state index contributed by atoms with van der Waals surface area (Å²) in [7, 11) is 1.60. The van der Waals surface area contributed by atoms with Gasteiger partial charge in [-0.15, -0.1) is 0 Å². The molecule has 1 aromatic carbocycles. The summed E-state index contributed by atoms with van der Waals surface area (Å²) in [6.45, 7) is 1.41. The fourth-order valence-corrected chi connectivity index (χ4v) is 3.40. The van der Waals surface area contributed by atoms with Crippen LogP contribution in [-0.4, -0.2) is 40.3 Å². The molecule has 0 saturated carbocycles. The highest BCUT2D eigenvalue weighted by molar-refractivity contribution is 6.00. The lowest BCUT2D eigenvalue weighted by atomic mass is 10.1. The topological polar surface area (TPSA) is 75.6 Å². The van der Waals surface area contributed by atoms with Gasteiger partial charge in [-0.3, -0.25) is 9.59 Å². The van der Waals surface area contributed by atoms with Gasteiger partial charge in [0.05, 0.1) is 25.3 Å². The third-order valence-electron chi connectivity index (χ3n) is 4.75. The molecule has 0 spiro atoms. The minimum absolute atomic E-state index is 0.00219. The molecule has 3 heterocycles. The Bertz CT molecular complexity index is 796. The van der Waals surface area contributed by atoms with E-state index in [1.54, 1.807) is 23.1 Å². The Hall–Kier alpha value is -2.96. The van der Waals surface area contributed by atoms with E-state index in [1.807, 2.05) is 24.3 Å². The first-order valence-electron chi connectivity index (χ1n) is 8.16. The average molecular weight is 338 g/mol. The van der Waals surface area contributed by atoms with E-state index in [0.29, 0.717) is 19.6 Å². The van der Waals surface area contributed by atoms with Gasteiger partial charge in [0.25, 0.3) is 0 Å². The molecule has 0 radical (unpaired) electrons. The molecule has 1 fully saturated rings. The highest BCUT2D eigenvalue weighted by Crippen LogP contribution is 2.30. The van der Waals surface area contributed by atoms with Crippen LogP contribution in [0.3, 0.4) is 0 Å². The standard InChI is InChI=1S/C18H18N4O3/c1-25-15-4-2-14(3-5-15)22-9-12(6-17(22)23)18(24)21-8-13-7-19-11-20-16(13)10-21/h2-5,7,11-12H,6,8-10H2,1H3/t12-/m0/s1. The third kappa shape index (κ3) is 2.82. The van der Waals surface area contributed by atoms with E-state index in [4.69, 9.17) is 4.74 Å². The molecule has 0 bridgehead atoms. The van der Waals surface area contributed by atoms with E-state index in [2.05, 4.69) is 9.97 Å². The Morgan fingerprint density at radius 1 is 1.24 bits per heavy atom. The second-order valence-electron chi connectivity index (χ2n) is 6.29. The van der Waals surface area contributed by atoms with Crippen molar-refractivity contribution in [3.63, 3.8) is 0 Å². The fraction of sp³-hybridized carbons (Fsp3) is 0.333. The number of carbonyl (C=O) groups is 2. The molecule has 0 N–H and O–H groups in total. The van der Waals surface area contributed by atoms with Gasteiger partial charge in [0.2, 0.25) is 11.8 Å². The van der Waals surface area contributed by atoms with Crippen LogP contribution in [0.1, 0.15) is 17.7 Å². The summed E-state index contributed by atoms with van der Waals surface area (Å²) in [4.78, 5) is 36.8. The van der Waals surface area contributed by atoms with Crippen molar-refractivity contribution in [2.75, 3.05) is 18.6 Å². The first-order chi connectivity index (χ1) is 12.2. The molecule has 7 nitrogen and oxygen atoms in total. The zero-order valence-electron chi connectivity index (χ0n) is 13.9. The number of fused-ring (bicyclic) bond motifs is 1. The van der Waals surface area contributed by atoms with Crippen molar-refractivity contribution in [2.24, 2.45) is 5.92 Å². The molecule has 2 aromatic rings. The number of carbonyl (C=O) groups excluding carboxylic acids is 2. The Morgan fingerprint density at radius 2 is 2.04 bits per heavy atom. The third-order valence-corrected chi connectivity index (χ3v) is 4.75. The maximum absolute atomic E-state index is 12.8. The second kappa shape index (κ2) is 6.16. The van der Waals surface area contributed by atoms with Gasteiger partial charge in [-0.2, -0.15) is 0 Å². The first-order valence-corrected chi connectivity index (χ1v) is 8.16. The number of hydrogen-bond donors (Lipinski definition) is 0. The van der Waals surface area contributed by atoms with Crippen molar-refractivity contribution in [1.29, 1.82) is 0 Å². The minimum atomic E-state index is -0.322. The van der Waals surface area contributed by atoms with Gasteiger partial charge < -0.3 is 14.5 Å². The Kier molecular flexibility index (Phi) is 3.83. The normalized spacial score (nSPS) is 19.2. The van der Waals surface area contributed by atoms with Gasteiger partial charge >= 0.3 is 0 Å². The minimum Gasteiger partial charge on any atom is -0.497 e. The number of benzene rings is 1. The Labute approximate surface area is 145 Å². The van der Waals surface area contributed by atoms with Crippen LogP contribution >= 0.6 is 0 Å². The molecular weight excluding hydrogens is 320 g/mol. The summed E-state index contributed by atoms with van der Waals surface area (Å²) in [6, 6.07) is 7.30. The quantitative estimate of drug-likeness (QED) is 0.845. The predicted molar refractivity (Wildman–Crippen MR) is 89.7 cm³/mol. The average Bonchev–Trinajstić information content (AvgIpc) is 3.25. The van der Waals surface area contributed by atoms with E-state index >= 15 is 0 Å². The number of methoxy groups -OCH3 is 1. The lowest BCUT2D eigenvalue weighted by molar-refractivity contribution is -0.136. The van der Waals surface area contributed by atoms with Crippen LogP contribution in [0, 0.1) is 5.92 Å².